The summed E-state index contributed by atoms with van der Waals surface area (Å²) >= 11 is 0. The van der Waals surface area contributed by atoms with Gasteiger partial charge in [-0.05, 0) is 86.2 Å². The Morgan fingerprint density at radius 2 is 1.82 bits per heavy atom. The van der Waals surface area contributed by atoms with E-state index in [4.69, 9.17) is 0 Å². The van der Waals surface area contributed by atoms with Crippen molar-refractivity contribution in [1.82, 2.24) is 14.3 Å². The van der Waals surface area contributed by atoms with Crippen LogP contribution < -0.4 is 0 Å². The Hall–Kier alpha value is -3.68. The van der Waals surface area contributed by atoms with E-state index >= 15 is 0 Å². The zero-order valence-electron chi connectivity index (χ0n) is 19.8. The first-order valence-electron chi connectivity index (χ1n) is 12.0. The summed E-state index contributed by atoms with van der Waals surface area (Å²) in [5.74, 6) is 6.58. The van der Waals surface area contributed by atoms with E-state index in [2.05, 4.69) is 46.8 Å². The minimum Gasteiger partial charge on any atom is -0.299 e. The minimum atomic E-state index is 0.115. The van der Waals surface area contributed by atoms with Crippen molar-refractivity contribution < 1.29 is 4.79 Å². The molecule has 1 fully saturated rings. The molecule has 5 rings (SSSR count). The van der Waals surface area contributed by atoms with Gasteiger partial charge in [-0.1, -0.05) is 42.3 Å². The van der Waals surface area contributed by atoms with Gasteiger partial charge < -0.3 is 0 Å². The molecule has 0 saturated carbocycles. The van der Waals surface area contributed by atoms with Crippen LogP contribution in [0.25, 0.3) is 5.65 Å². The van der Waals surface area contributed by atoms with Crippen LogP contribution in [0.15, 0.2) is 67.0 Å². The van der Waals surface area contributed by atoms with Gasteiger partial charge in [0.2, 0.25) is 0 Å². The van der Waals surface area contributed by atoms with Gasteiger partial charge in [0.05, 0.1) is 6.20 Å². The predicted molar refractivity (Wildman–Crippen MR) is 136 cm³/mol. The largest absolute Gasteiger partial charge is 0.299 e. The van der Waals surface area contributed by atoms with Crippen LogP contribution in [-0.2, 0) is 13.0 Å². The molecule has 1 aliphatic rings. The highest BCUT2D eigenvalue weighted by Gasteiger charge is 2.14. The second kappa shape index (κ2) is 9.67. The lowest BCUT2D eigenvalue weighted by Gasteiger charge is -2.17. The maximum atomic E-state index is 13.1. The van der Waals surface area contributed by atoms with Gasteiger partial charge in [-0.25, -0.2) is 4.98 Å². The Morgan fingerprint density at radius 1 is 0.971 bits per heavy atom. The minimum absolute atomic E-state index is 0.115. The number of benzene rings is 2. The zero-order chi connectivity index (χ0) is 23.5. The number of imidazole rings is 1. The van der Waals surface area contributed by atoms with Gasteiger partial charge in [-0.3, -0.25) is 14.1 Å². The van der Waals surface area contributed by atoms with Crippen LogP contribution in [0.2, 0.25) is 0 Å². The summed E-state index contributed by atoms with van der Waals surface area (Å²) in [6, 6.07) is 18.2. The third-order valence-corrected chi connectivity index (χ3v) is 6.67. The van der Waals surface area contributed by atoms with Crippen LogP contribution in [0.4, 0.5) is 0 Å². The normalized spacial score (nSPS) is 13.7. The fourth-order valence-electron chi connectivity index (χ4n) is 4.60. The van der Waals surface area contributed by atoms with E-state index in [1.54, 1.807) is 6.20 Å². The number of nitrogens with zero attached hydrogens (tertiary/aromatic N) is 3. The molecule has 1 aliphatic heterocycles. The molecule has 0 N–H and O–H groups in total. The highest BCUT2D eigenvalue weighted by molar-refractivity contribution is 5.98. The molecule has 0 bridgehead atoms. The number of hydrogen-bond donors (Lipinski definition) is 0. The second-order valence-electron chi connectivity index (χ2n) is 9.20. The number of pyridine rings is 1. The second-order valence-corrected chi connectivity index (χ2v) is 9.20. The average Bonchev–Trinajstić information content (AvgIpc) is 3.50. The number of ketones is 1. The molecule has 0 aliphatic carbocycles. The summed E-state index contributed by atoms with van der Waals surface area (Å²) in [5, 5.41) is 0. The maximum Gasteiger partial charge on any atom is 0.167 e. The van der Waals surface area contributed by atoms with E-state index in [1.165, 1.54) is 37.1 Å². The molecule has 2 aromatic heterocycles. The van der Waals surface area contributed by atoms with Gasteiger partial charge in [-0.15, -0.1) is 0 Å². The van der Waals surface area contributed by atoms with Gasteiger partial charge in [0.15, 0.2) is 5.78 Å². The third-order valence-electron chi connectivity index (χ3n) is 6.67. The molecule has 170 valence electrons. The Labute approximate surface area is 201 Å². The fraction of sp³-hybridized carbons (Fsp3) is 0.267. The van der Waals surface area contributed by atoms with Crippen molar-refractivity contribution in [3.63, 3.8) is 0 Å². The number of carbonyl (C=O) groups excluding carboxylic acids is 1. The molecule has 34 heavy (non-hydrogen) atoms. The standard InChI is InChI=1S/C30H29N3O/c1-22-8-10-26(19-25(22)12-13-28-20-31-30-7-3-4-16-33(28)30)29(34)18-24-9-11-27(23(2)17-24)21-32-14-5-6-15-32/h3-4,7-11,16-17,19-20H,5-6,14-15,18,21H2,1-2H3. The van der Waals surface area contributed by atoms with E-state index in [-0.39, 0.29) is 5.78 Å². The molecule has 4 aromatic rings. The van der Waals surface area contributed by atoms with E-state index in [0.717, 1.165) is 34.6 Å². The number of fused-ring (bicyclic) bond motifs is 1. The average molecular weight is 448 g/mol. The van der Waals surface area contributed by atoms with Gasteiger partial charge in [0.25, 0.3) is 0 Å². The van der Waals surface area contributed by atoms with Crippen LogP contribution in [0.3, 0.4) is 0 Å². The molecular weight excluding hydrogens is 418 g/mol. The third kappa shape index (κ3) is 4.81. The molecule has 4 nitrogen and oxygen atoms in total. The van der Waals surface area contributed by atoms with Crippen molar-refractivity contribution in [2.45, 2.75) is 39.7 Å². The number of carbonyl (C=O) groups is 1. The predicted octanol–water partition coefficient (Wildman–Crippen LogP) is 5.37. The molecule has 1 saturated heterocycles. The van der Waals surface area contributed by atoms with Gasteiger partial charge in [0.1, 0.15) is 11.3 Å². The summed E-state index contributed by atoms with van der Waals surface area (Å²) in [4.78, 5) is 20.0. The Balaban J connectivity index is 1.32. The number of aromatic nitrogens is 2. The molecule has 3 heterocycles. The van der Waals surface area contributed by atoms with Gasteiger partial charge in [-0.2, -0.15) is 0 Å². The zero-order valence-corrected chi connectivity index (χ0v) is 19.8. The van der Waals surface area contributed by atoms with Gasteiger partial charge >= 0.3 is 0 Å². The number of likely N-dealkylation sites (tertiary alicyclic amines) is 1. The summed E-state index contributed by atoms with van der Waals surface area (Å²) in [5.41, 5.74) is 8.01. The smallest absolute Gasteiger partial charge is 0.167 e. The first kappa shape index (κ1) is 22.1. The number of aryl methyl sites for hydroxylation is 2. The summed E-state index contributed by atoms with van der Waals surface area (Å²) in [6.45, 7) is 7.56. The summed E-state index contributed by atoms with van der Waals surface area (Å²) in [6.07, 6.45) is 6.73. The maximum absolute atomic E-state index is 13.1. The number of hydrogen-bond acceptors (Lipinski definition) is 3. The van der Waals surface area contributed by atoms with Crippen molar-refractivity contribution in [3.05, 3.63) is 106 Å². The highest BCUT2D eigenvalue weighted by atomic mass is 16.1. The fourth-order valence-corrected chi connectivity index (χ4v) is 4.60. The summed E-state index contributed by atoms with van der Waals surface area (Å²) in [7, 11) is 0. The topological polar surface area (TPSA) is 37.6 Å². The Bertz CT molecular complexity index is 1410. The monoisotopic (exact) mass is 447 g/mol. The molecule has 0 spiro atoms. The molecule has 0 amide bonds. The quantitative estimate of drug-likeness (QED) is 0.305. The number of Topliss-reactive ketones (excluding diaryl/α,β-unsaturated/α-hetero) is 1. The molecule has 2 aromatic carbocycles. The lowest BCUT2D eigenvalue weighted by atomic mass is 9.97. The van der Waals surface area contributed by atoms with Crippen LogP contribution >= 0.6 is 0 Å². The van der Waals surface area contributed by atoms with Crippen molar-refractivity contribution >= 4 is 11.4 Å². The van der Waals surface area contributed by atoms with Crippen molar-refractivity contribution in [3.8, 4) is 11.8 Å². The highest BCUT2D eigenvalue weighted by Crippen LogP contribution is 2.19. The molecule has 0 atom stereocenters. The van der Waals surface area contributed by atoms with E-state index < -0.39 is 0 Å². The molecule has 4 heteroatoms. The van der Waals surface area contributed by atoms with Crippen LogP contribution in [0, 0.1) is 25.7 Å². The molecule has 0 radical (unpaired) electrons. The molecular formula is C30H29N3O. The van der Waals surface area contributed by atoms with Crippen LogP contribution in [0.1, 0.15) is 56.7 Å². The lowest BCUT2D eigenvalue weighted by Crippen LogP contribution is -2.19. The van der Waals surface area contributed by atoms with E-state index in [0.29, 0.717) is 12.0 Å². The van der Waals surface area contributed by atoms with Crippen LogP contribution in [0.5, 0.6) is 0 Å². The van der Waals surface area contributed by atoms with Crippen LogP contribution in [-0.4, -0.2) is 33.2 Å². The first-order valence-corrected chi connectivity index (χ1v) is 12.0. The Kier molecular flexibility index (Phi) is 6.29. The molecule has 0 unspecified atom stereocenters. The SMILES string of the molecule is Cc1ccc(C(=O)Cc2ccc(CN3CCCC3)c(C)c2)cc1C#Cc1cnc2ccccn12. The van der Waals surface area contributed by atoms with Crippen molar-refractivity contribution in [1.29, 1.82) is 0 Å². The van der Waals surface area contributed by atoms with Gasteiger partial charge in [0, 0.05) is 30.3 Å². The first-order chi connectivity index (χ1) is 16.6. The van der Waals surface area contributed by atoms with Crippen molar-refractivity contribution in [2.75, 3.05) is 13.1 Å². The van der Waals surface area contributed by atoms with Crippen molar-refractivity contribution in [2.24, 2.45) is 0 Å². The van der Waals surface area contributed by atoms with E-state index in [9.17, 15) is 4.79 Å². The van der Waals surface area contributed by atoms with E-state index in [1.807, 2.05) is 53.9 Å². The summed E-state index contributed by atoms with van der Waals surface area (Å²) < 4.78 is 1.97. The lowest BCUT2D eigenvalue weighted by molar-refractivity contribution is 0.0993. The Morgan fingerprint density at radius 3 is 2.65 bits per heavy atom. The number of rotatable bonds is 5.